The van der Waals surface area contributed by atoms with Gasteiger partial charge in [0.25, 0.3) is 0 Å². The first kappa shape index (κ1) is 14.1. The van der Waals surface area contributed by atoms with Crippen LogP contribution < -0.4 is 0 Å². The highest BCUT2D eigenvalue weighted by atomic mass is 35.5. The Labute approximate surface area is 95.9 Å². The molecule has 0 radical (unpaired) electrons. The minimum Gasteiger partial charge on any atom is -0.465 e. The van der Waals surface area contributed by atoms with Gasteiger partial charge in [0.05, 0.1) is 6.61 Å². The zero-order valence-electron chi connectivity index (χ0n) is 8.60. The van der Waals surface area contributed by atoms with Crippen molar-refractivity contribution in [1.29, 1.82) is 0 Å². The zero-order chi connectivity index (χ0) is 10.8. The van der Waals surface area contributed by atoms with Gasteiger partial charge in [-0.15, -0.1) is 23.2 Å². The van der Waals surface area contributed by atoms with Crippen molar-refractivity contribution in [3.63, 3.8) is 0 Å². The fourth-order valence-corrected chi connectivity index (χ4v) is 1.60. The van der Waals surface area contributed by atoms with Gasteiger partial charge in [-0.25, -0.2) is 0 Å². The third-order valence-corrected chi connectivity index (χ3v) is 2.54. The van der Waals surface area contributed by atoms with Gasteiger partial charge < -0.3 is 4.74 Å². The van der Waals surface area contributed by atoms with E-state index in [0.29, 0.717) is 6.61 Å². The maximum absolute atomic E-state index is 10.6. The van der Waals surface area contributed by atoms with Gasteiger partial charge in [0.15, 0.2) is 0 Å². The lowest BCUT2D eigenvalue weighted by Crippen LogP contribution is -2.07. The molecule has 0 aliphatic carbocycles. The first-order valence-corrected chi connectivity index (χ1v) is 6.03. The molecule has 0 amide bonds. The molecule has 1 unspecified atom stereocenters. The Hall–Kier alpha value is 0.0500. The number of carbonyl (C=O) groups is 1. The fourth-order valence-electron chi connectivity index (χ4n) is 1.15. The zero-order valence-corrected chi connectivity index (χ0v) is 10.1. The highest BCUT2D eigenvalue weighted by Gasteiger charge is 2.03. The summed E-state index contributed by atoms with van der Waals surface area (Å²) in [4.78, 5) is 10.6. The van der Waals surface area contributed by atoms with Crippen LogP contribution in [-0.2, 0) is 9.53 Å². The van der Waals surface area contributed by atoms with E-state index in [4.69, 9.17) is 27.9 Å². The van der Waals surface area contributed by atoms with Crippen molar-refractivity contribution in [3.8, 4) is 0 Å². The standard InChI is InChI=1S/C10H18Cl2O2/c1-2-5-9(12)6-3-4-7-14-10(13)8-11/h9H,2-8H2,1H3. The number of rotatable bonds is 8. The number of ether oxygens (including phenoxy) is 1. The van der Waals surface area contributed by atoms with Crippen LogP contribution in [0.3, 0.4) is 0 Å². The summed E-state index contributed by atoms with van der Waals surface area (Å²) in [6.07, 6.45) is 5.05. The van der Waals surface area contributed by atoms with Crippen molar-refractivity contribution in [2.45, 2.75) is 44.4 Å². The maximum atomic E-state index is 10.6. The van der Waals surface area contributed by atoms with Gasteiger partial charge in [-0.05, 0) is 25.7 Å². The molecule has 84 valence electrons. The Kier molecular flexibility index (Phi) is 9.63. The number of hydrogen-bond donors (Lipinski definition) is 0. The van der Waals surface area contributed by atoms with Gasteiger partial charge in [0.2, 0.25) is 0 Å². The normalized spacial score (nSPS) is 12.5. The molecule has 1 atom stereocenters. The van der Waals surface area contributed by atoms with Crippen LogP contribution in [-0.4, -0.2) is 23.8 Å². The SMILES string of the molecule is CCCC(Cl)CCCCOC(=O)CCl. The molecule has 0 bridgehead atoms. The second kappa shape index (κ2) is 9.60. The second-order valence-corrected chi connectivity index (χ2v) is 4.12. The van der Waals surface area contributed by atoms with Crippen LogP contribution in [0.4, 0.5) is 0 Å². The molecule has 2 nitrogen and oxygen atoms in total. The predicted octanol–water partition coefficient (Wildman–Crippen LogP) is 3.35. The monoisotopic (exact) mass is 240 g/mol. The fraction of sp³-hybridized carbons (Fsp3) is 0.900. The van der Waals surface area contributed by atoms with E-state index in [1.807, 2.05) is 0 Å². The van der Waals surface area contributed by atoms with Gasteiger partial charge in [-0.1, -0.05) is 13.3 Å². The average Bonchev–Trinajstić information content (AvgIpc) is 2.17. The third-order valence-electron chi connectivity index (χ3n) is 1.89. The van der Waals surface area contributed by atoms with Gasteiger partial charge in [-0.3, -0.25) is 4.79 Å². The van der Waals surface area contributed by atoms with E-state index in [-0.39, 0.29) is 17.2 Å². The summed E-state index contributed by atoms with van der Waals surface area (Å²) in [5.41, 5.74) is 0. The summed E-state index contributed by atoms with van der Waals surface area (Å²) in [5.74, 6) is -0.406. The molecule has 0 fully saturated rings. The molecular weight excluding hydrogens is 223 g/mol. The Balaban J connectivity index is 3.17. The van der Waals surface area contributed by atoms with E-state index in [9.17, 15) is 4.79 Å². The van der Waals surface area contributed by atoms with Crippen molar-refractivity contribution < 1.29 is 9.53 Å². The minimum absolute atomic E-state index is 0.0615. The van der Waals surface area contributed by atoms with Crippen molar-refractivity contribution in [3.05, 3.63) is 0 Å². The van der Waals surface area contributed by atoms with Gasteiger partial charge in [0.1, 0.15) is 5.88 Å². The summed E-state index contributed by atoms with van der Waals surface area (Å²) < 4.78 is 4.82. The van der Waals surface area contributed by atoms with E-state index in [1.165, 1.54) is 0 Å². The summed E-state index contributed by atoms with van der Waals surface area (Å²) in [7, 11) is 0. The minimum atomic E-state index is -0.345. The average molecular weight is 241 g/mol. The molecule has 0 spiro atoms. The van der Waals surface area contributed by atoms with E-state index in [0.717, 1.165) is 32.1 Å². The molecule has 0 aliphatic rings. The molecule has 4 heteroatoms. The highest BCUT2D eigenvalue weighted by Crippen LogP contribution is 2.13. The summed E-state index contributed by atoms with van der Waals surface area (Å²) >= 11 is 11.3. The van der Waals surface area contributed by atoms with E-state index >= 15 is 0 Å². The predicted molar refractivity (Wildman–Crippen MR) is 60.1 cm³/mol. The molecule has 0 N–H and O–H groups in total. The Morgan fingerprint density at radius 2 is 2.07 bits per heavy atom. The molecular formula is C10H18Cl2O2. The van der Waals surface area contributed by atoms with Crippen LogP contribution in [0.1, 0.15) is 39.0 Å². The van der Waals surface area contributed by atoms with Crippen LogP contribution >= 0.6 is 23.2 Å². The number of esters is 1. The van der Waals surface area contributed by atoms with Gasteiger partial charge in [-0.2, -0.15) is 0 Å². The number of hydrogen-bond acceptors (Lipinski definition) is 2. The quantitative estimate of drug-likeness (QED) is 0.370. The number of halogens is 2. The van der Waals surface area contributed by atoms with Gasteiger partial charge in [0, 0.05) is 5.38 Å². The Bertz CT molecular complexity index is 151. The lowest BCUT2D eigenvalue weighted by Gasteiger charge is -2.07. The molecule has 0 aliphatic heterocycles. The maximum Gasteiger partial charge on any atom is 0.320 e. The van der Waals surface area contributed by atoms with Crippen molar-refractivity contribution in [2.24, 2.45) is 0 Å². The Morgan fingerprint density at radius 3 is 2.64 bits per heavy atom. The van der Waals surface area contributed by atoms with Crippen LogP contribution in [0.15, 0.2) is 0 Å². The summed E-state index contributed by atoms with van der Waals surface area (Å²) in [6.45, 7) is 2.58. The van der Waals surface area contributed by atoms with Crippen molar-refractivity contribution in [2.75, 3.05) is 12.5 Å². The molecule has 0 aromatic heterocycles. The van der Waals surface area contributed by atoms with Gasteiger partial charge >= 0.3 is 5.97 Å². The summed E-state index contributed by atoms with van der Waals surface area (Å²) in [6, 6.07) is 0. The molecule has 0 rings (SSSR count). The summed E-state index contributed by atoms with van der Waals surface area (Å²) in [5, 5.41) is 0.267. The largest absolute Gasteiger partial charge is 0.465 e. The second-order valence-electron chi connectivity index (χ2n) is 3.24. The number of alkyl halides is 2. The van der Waals surface area contributed by atoms with E-state index in [2.05, 4.69) is 6.92 Å². The molecule has 0 aromatic rings. The lowest BCUT2D eigenvalue weighted by atomic mass is 10.1. The van der Waals surface area contributed by atoms with Crippen molar-refractivity contribution in [1.82, 2.24) is 0 Å². The van der Waals surface area contributed by atoms with E-state index in [1.54, 1.807) is 0 Å². The molecule has 0 saturated heterocycles. The highest BCUT2D eigenvalue weighted by molar-refractivity contribution is 6.26. The topological polar surface area (TPSA) is 26.3 Å². The molecule has 0 saturated carbocycles. The number of carbonyl (C=O) groups excluding carboxylic acids is 1. The molecule has 0 aromatic carbocycles. The molecule has 0 heterocycles. The first-order chi connectivity index (χ1) is 6.70. The van der Waals surface area contributed by atoms with Crippen LogP contribution in [0.5, 0.6) is 0 Å². The number of unbranched alkanes of at least 4 members (excludes halogenated alkanes) is 1. The smallest absolute Gasteiger partial charge is 0.320 e. The van der Waals surface area contributed by atoms with Crippen LogP contribution in [0, 0.1) is 0 Å². The van der Waals surface area contributed by atoms with Crippen LogP contribution in [0.25, 0.3) is 0 Å². The van der Waals surface area contributed by atoms with Crippen LogP contribution in [0.2, 0.25) is 0 Å². The Morgan fingerprint density at radius 1 is 1.36 bits per heavy atom. The lowest BCUT2D eigenvalue weighted by molar-refractivity contribution is -0.140. The third kappa shape index (κ3) is 8.64. The van der Waals surface area contributed by atoms with E-state index < -0.39 is 0 Å². The molecule has 14 heavy (non-hydrogen) atoms. The first-order valence-electron chi connectivity index (χ1n) is 5.06. The van der Waals surface area contributed by atoms with Crippen molar-refractivity contribution >= 4 is 29.2 Å².